The molecule has 1 N–H and O–H groups in total. The minimum absolute atomic E-state index is 0.118. The number of aryl methyl sites for hydroxylation is 2. The zero-order valence-electron chi connectivity index (χ0n) is 14.5. The summed E-state index contributed by atoms with van der Waals surface area (Å²) in [5.74, 6) is 0. The van der Waals surface area contributed by atoms with Gasteiger partial charge in [-0.1, -0.05) is 30.7 Å². The predicted octanol–water partition coefficient (Wildman–Crippen LogP) is 3.79. The van der Waals surface area contributed by atoms with Crippen LogP contribution in [0.4, 0.5) is 0 Å². The second-order valence-electron chi connectivity index (χ2n) is 6.26. The summed E-state index contributed by atoms with van der Waals surface area (Å²) in [5.41, 5.74) is 3.83. The van der Waals surface area contributed by atoms with Crippen molar-refractivity contribution in [2.75, 3.05) is 26.9 Å². The fourth-order valence-corrected chi connectivity index (χ4v) is 2.34. The maximum atomic E-state index is 5.88. The molecule has 0 aliphatic heterocycles. The summed E-state index contributed by atoms with van der Waals surface area (Å²) in [6.07, 6.45) is 0.898. The van der Waals surface area contributed by atoms with Crippen molar-refractivity contribution >= 4 is 0 Å². The molecule has 3 nitrogen and oxygen atoms in total. The largest absolute Gasteiger partial charge is 0.379 e. The zero-order chi connectivity index (χ0) is 15.9. The molecule has 21 heavy (non-hydrogen) atoms. The fourth-order valence-electron chi connectivity index (χ4n) is 2.34. The topological polar surface area (TPSA) is 30.5 Å². The van der Waals surface area contributed by atoms with Crippen LogP contribution in [0.1, 0.15) is 49.9 Å². The fraction of sp³-hybridized carbons (Fsp3) is 0.667. The third-order valence-corrected chi connectivity index (χ3v) is 3.94. The van der Waals surface area contributed by atoms with Crippen LogP contribution in [0.25, 0.3) is 0 Å². The van der Waals surface area contributed by atoms with Gasteiger partial charge in [0, 0.05) is 13.7 Å². The highest BCUT2D eigenvalue weighted by Crippen LogP contribution is 2.20. The summed E-state index contributed by atoms with van der Waals surface area (Å²) in [6, 6.07) is 6.86. The Kier molecular flexibility index (Phi) is 7.36. The molecule has 0 fully saturated rings. The van der Waals surface area contributed by atoms with Crippen molar-refractivity contribution in [1.29, 1.82) is 0 Å². The van der Waals surface area contributed by atoms with Crippen molar-refractivity contribution in [3.05, 3.63) is 34.9 Å². The van der Waals surface area contributed by atoms with Gasteiger partial charge in [0.2, 0.25) is 0 Å². The number of hydrogen-bond donors (Lipinski definition) is 1. The summed E-state index contributed by atoms with van der Waals surface area (Å²) in [7, 11) is 1.75. The third kappa shape index (κ3) is 6.16. The van der Waals surface area contributed by atoms with Crippen LogP contribution < -0.4 is 5.32 Å². The number of rotatable bonds is 9. The van der Waals surface area contributed by atoms with Crippen LogP contribution in [0.5, 0.6) is 0 Å². The van der Waals surface area contributed by atoms with Crippen LogP contribution in [-0.2, 0) is 9.47 Å². The van der Waals surface area contributed by atoms with Gasteiger partial charge in [0.15, 0.2) is 0 Å². The lowest BCUT2D eigenvalue weighted by Gasteiger charge is -2.24. The Bertz CT molecular complexity index is 429. The monoisotopic (exact) mass is 293 g/mol. The van der Waals surface area contributed by atoms with Crippen LogP contribution in [0.2, 0.25) is 0 Å². The normalized spacial score (nSPS) is 13.4. The van der Waals surface area contributed by atoms with Crippen LogP contribution in [0.3, 0.4) is 0 Å². The SMILES string of the molecule is CCNC(COCCC(C)(C)OC)c1ccc(C)cc1C. The van der Waals surface area contributed by atoms with Gasteiger partial charge in [-0.15, -0.1) is 0 Å². The number of methoxy groups -OCH3 is 1. The minimum Gasteiger partial charge on any atom is -0.379 e. The van der Waals surface area contributed by atoms with Crippen molar-refractivity contribution in [3.63, 3.8) is 0 Å². The van der Waals surface area contributed by atoms with E-state index in [1.165, 1.54) is 16.7 Å². The first kappa shape index (κ1) is 18.1. The van der Waals surface area contributed by atoms with Gasteiger partial charge in [-0.25, -0.2) is 0 Å². The lowest BCUT2D eigenvalue weighted by Crippen LogP contribution is -2.28. The molecule has 1 aromatic carbocycles. The van der Waals surface area contributed by atoms with Gasteiger partial charge in [0.1, 0.15) is 0 Å². The van der Waals surface area contributed by atoms with Crippen molar-refractivity contribution < 1.29 is 9.47 Å². The van der Waals surface area contributed by atoms with Crippen LogP contribution in [-0.4, -0.2) is 32.5 Å². The van der Waals surface area contributed by atoms with Crippen molar-refractivity contribution in [2.24, 2.45) is 0 Å². The Morgan fingerprint density at radius 3 is 2.52 bits per heavy atom. The predicted molar refractivity (Wildman–Crippen MR) is 88.9 cm³/mol. The molecule has 0 aliphatic carbocycles. The molecule has 120 valence electrons. The minimum atomic E-state index is -0.118. The molecule has 1 unspecified atom stereocenters. The molecule has 0 heterocycles. The van der Waals surface area contributed by atoms with Crippen LogP contribution in [0.15, 0.2) is 18.2 Å². The van der Waals surface area contributed by atoms with E-state index in [0.29, 0.717) is 13.2 Å². The molecular formula is C18H31NO2. The van der Waals surface area contributed by atoms with Crippen molar-refractivity contribution in [1.82, 2.24) is 5.32 Å². The zero-order valence-corrected chi connectivity index (χ0v) is 14.5. The molecule has 0 amide bonds. The number of hydrogen-bond acceptors (Lipinski definition) is 3. The van der Waals surface area contributed by atoms with E-state index in [-0.39, 0.29) is 11.6 Å². The van der Waals surface area contributed by atoms with E-state index in [2.05, 4.69) is 58.1 Å². The molecule has 0 radical (unpaired) electrons. The van der Waals surface area contributed by atoms with Crippen molar-refractivity contribution in [3.8, 4) is 0 Å². The number of likely N-dealkylation sites (N-methyl/N-ethyl adjacent to an activating group) is 1. The first-order valence-corrected chi connectivity index (χ1v) is 7.83. The molecule has 0 saturated heterocycles. The van der Waals surface area contributed by atoms with E-state index in [1.807, 2.05) is 0 Å². The maximum absolute atomic E-state index is 5.88. The summed E-state index contributed by atoms with van der Waals surface area (Å²) >= 11 is 0. The van der Waals surface area contributed by atoms with Gasteiger partial charge in [-0.05, 0) is 51.8 Å². The highest BCUT2D eigenvalue weighted by Gasteiger charge is 2.17. The summed E-state index contributed by atoms with van der Waals surface area (Å²) in [5, 5.41) is 3.51. The highest BCUT2D eigenvalue weighted by atomic mass is 16.5. The Morgan fingerprint density at radius 2 is 1.95 bits per heavy atom. The van der Waals surface area contributed by atoms with Gasteiger partial charge in [0.05, 0.1) is 18.2 Å². The van der Waals surface area contributed by atoms with Crippen LogP contribution >= 0.6 is 0 Å². The summed E-state index contributed by atoms with van der Waals surface area (Å²) in [4.78, 5) is 0. The summed E-state index contributed by atoms with van der Waals surface area (Å²) < 4.78 is 11.3. The first-order valence-electron chi connectivity index (χ1n) is 7.83. The standard InChI is InChI=1S/C18H31NO2/c1-7-19-17(13-21-11-10-18(4,5)20-6)16-9-8-14(2)12-15(16)3/h8-9,12,17,19H,7,10-11,13H2,1-6H3. The van der Waals surface area contributed by atoms with Crippen molar-refractivity contribution in [2.45, 2.75) is 52.7 Å². The third-order valence-electron chi connectivity index (χ3n) is 3.94. The van der Waals surface area contributed by atoms with E-state index < -0.39 is 0 Å². The average molecular weight is 293 g/mol. The Hall–Kier alpha value is -0.900. The molecule has 0 aromatic heterocycles. The molecule has 1 atom stereocenters. The van der Waals surface area contributed by atoms with Gasteiger partial charge in [0.25, 0.3) is 0 Å². The molecule has 1 rings (SSSR count). The average Bonchev–Trinajstić information content (AvgIpc) is 2.43. The molecular weight excluding hydrogens is 262 g/mol. The Labute approximate surface area is 130 Å². The molecule has 0 bridgehead atoms. The van der Waals surface area contributed by atoms with Gasteiger partial charge in [-0.2, -0.15) is 0 Å². The quantitative estimate of drug-likeness (QED) is 0.703. The number of nitrogens with one attached hydrogen (secondary N) is 1. The molecule has 3 heteroatoms. The molecule has 0 aliphatic rings. The van der Waals surface area contributed by atoms with E-state index >= 15 is 0 Å². The lowest BCUT2D eigenvalue weighted by atomic mass is 9.99. The van der Waals surface area contributed by atoms with E-state index in [1.54, 1.807) is 7.11 Å². The van der Waals surface area contributed by atoms with Gasteiger partial charge >= 0.3 is 0 Å². The molecule has 1 aromatic rings. The second-order valence-corrected chi connectivity index (χ2v) is 6.26. The van der Waals surface area contributed by atoms with E-state index in [4.69, 9.17) is 9.47 Å². The smallest absolute Gasteiger partial charge is 0.0661 e. The summed E-state index contributed by atoms with van der Waals surface area (Å²) in [6.45, 7) is 12.9. The molecule has 0 spiro atoms. The van der Waals surface area contributed by atoms with Gasteiger partial charge < -0.3 is 14.8 Å². The van der Waals surface area contributed by atoms with Crippen LogP contribution in [0, 0.1) is 13.8 Å². The Morgan fingerprint density at radius 1 is 1.24 bits per heavy atom. The first-order chi connectivity index (χ1) is 9.89. The van der Waals surface area contributed by atoms with Gasteiger partial charge in [-0.3, -0.25) is 0 Å². The van der Waals surface area contributed by atoms with E-state index in [0.717, 1.165) is 13.0 Å². The molecule has 0 saturated carbocycles. The van der Waals surface area contributed by atoms with E-state index in [9.17, 15) is 0 Å². The lowest BCUT2D eigenvalue weighted by molar-refractivity contribution is -0.0124. The number of benzene rings is 1. The highest BCUT2D eigenvalue weighted by molar-refractivity contribution is 5.32. The number of ether oxygens (including phenoxy) is 2. The maximum Gasteiger partial charge on any atom is 0.0661 e. The second kappa shape index (κ2) is 8.52. The Balaban J connectivity index is 2.58.